The summed E-state index contributed by atoms with van der Waals surface area (Å²) in [4.78, 5) is 0. The Kier molecular flexibility index (Phi) is 56.2. The van der Waals surface area contributed by atoms with Crippen molar-refractivity contribution in [1.29, 1.82) is 0 Å². The van der Waals surface area contributed by atoms with Gasteiger partial charge in [0.15, 0.2) is 0 Å². The van der Waals surface area contributed by atoms with Gasteiger partial charge in [-0.2, -0.15) is 0 Å². The van der Waals surface area contributed by atoms with Crippen molar-refractivity contribution in [2.75, 3.05) is 0 Å². The van der Waals surface area contributed by atoms with E-state index in [1.54, 1.807) is 0 Å². The van der Waals surface area contributed by atoms with Crippen LogP contribution in [0, 0.1) is 6.58 Å². The summed E-state index contributed by atoms with van der Waals surface area (Å²) in [6, 6.07) is 0. The summed E-state index contributed by atoms with van der Waals surface area (Å²) in [7, 11) is 0. The standard InChI is InChI=1S/C8H15.2BrH.Cu.Mg/c1-4-6-7-8(3)5-2;;;;/h3H,4-7H2,1-2H3;2*1H;;/q-1;;;+1;+2/p-2. The van der Waals surface area contributed by atoms with E-state index in [-0.39, 0.29) is 74.1 Å². The smallest absolute Gasteiger partial charge is 1.00 e. The van der Waals surface area contributed by atoms with Crippen LogP contribution in [0.2, 0.25) is 0 Å². The molecule has 0 saturated carbocycles. The third kappa shape index (κ3) is 22.7. The second kappa shape index (κ2) is 23.1. The third-order valence-corrected chi connectivity index (χ3v) is 1.31. The van der Waals surface area contributed by atoms with Crippen molar-refractivity contribution in [3.8, 4) is 0 Å². The van der Waals surface area contributed by atoms with Crippen LogP contribution in [-0.4, -0.2) is 23.1 Å². The van der Waals surface area contributed by atoms with E-state index in [1.807, 2.05) is 0 Å². The number of hydrogen-bond donors (Lipinski definition) is 0. The van der Waals surface area contributed by atoms with Gasteiger partial charge in [0.25, 0.3) is 0 Å². The first-order valence-electron chi connectivity index (χ1n) is 3.41. The van der Waals surface area contributed by atoms with Gasteiger partial charge in [-0.25, -0.2) is 0 Å². The number of halogens is 2. The van der Waals surface area contributed by atoms with Gasteiger partial charge in [0.2, 0.25) is 0 Å². The van der Waals surface area contributed by atoms with Crippen molar-refractivity contribution in [3.05, 3.63) is 12.2 Å². The first-order valence-corrected chi connectivity index (χ1v) is 3.41. The van der Waals surface area contributed by atoms with Crippen molar-refractivity contribution >= 4 is 23.1 Å². The van der Waals surface area contributed by atoms with Crippen molar-refractivity contribution < 1.29 is 51.0 Å². The molecule has 0 aliphatic rings. The molecule has 0 heterocycles. The average Bonchev–Trinajstić information content (AvgIpc) is 1.83. The fraction of sp³-hybridized carbons (Fsp3) is 0.750. The van der Waals surface area contributed by atoms with Gasteiger partial charge in [0.05, 0.1) is 0 Å². The summed E-state index contributed by atoms with van der Waals surface area (Å²) in [5.74, 6) is 0. The van der Waals surface area contributed by atoms with Crippen LogP contribution in [0.3, 0.4) is 0 Å². The van der Waals surface area contributed by atoms with Gasteiger partial charge < -0.3 is 40.5 Å². The van der Waals surface area contributed by atoms with Crippen molar-refractivity contribution in [2.24, 2.45) is 0 Å². The zero-order valence-corrected chi connectivity index (χ0v) is 13.2. The van der Waals surface area contributed by atoms with Gasteiger partial charge in [0.1, 0.15) is 0 Å². The van der Waals surface area contributed by atoms with Crippen LogP contribution in [0.5, 0.6) is 0 Å². The molecule has 0 aromatic heterocycles. The van der Waals surface area contributed by atoms with E-state index < -0.39 is 0 Å². The molecule has 0 N–H and O–H groups in total. The molecule has 0 aliphatic heterocycles. The van der Waals surface area contributed by atoms with E-state index in [0.717, 1.165) is 18.4 Å². The minimum atomic E-state index is 0. The SMILES string of the molecule is [Br-].[Br-].[CH-]=C(CC)CCCC.[Cu+].[Mg+2]. The topological polar surface area (TPSA) is 0 Å². The molecule has 0 aliphatic carbocycles. The fourth-order valence-electron chi connectivity index (χ4n) is 0.581. The maximum absolute atomic E-state index is 5.58. The molecule has 74 valence electrons. The summed E-state index contributed by atoms with van der Waals surface area (Å²) < 4.78 is 0. The van der Waals surface area contributed by atoms with Gasteiger partial charge in [-0.15, -0.1) is 0 Å². The molecule has 0 nitrogen and oxygen atoms in total. The minimum Gasteiger partial charge on any atom is -1.00 e. The largest absolute Gasteiger partial charge is 2.00 e. The fourth-order valence-corrected chi connectivity index (χ4v) is 0.581. The Morgan fingerprint density at radius 3 is 1.83 bits per heavy atom. The zero-order valence-electron chi connectivity index (χ0n) is 7.67. The number of hydrogen-bond acceptors (Lipinski definition) is 0. The van der Waals surface area contributed by atoms with Crippen LogP contribution in [0.4, 0.5) is 0 Å². The quantitative estimate of drug-likeness (QED) is 0.363. The minimum absolute atomic E-state index is 0. The molecule has 0 unspecified atom stereocenters. The summed E-state index contributed by atoms with van der Waals surface area (Å²) in [6.07, 6.45) is 4.66. The molecule has 0 radical (unpaired) electrons. The number of unbranched alkanes of at least 4 members (excludes halogenated alkanes) is 1. The first kappa shape index (κ1) is 29.2. The summed E-state index contributed by atoms with van der Waals surface area (Å²) in [5, 5.41) is 0. The maximum atomic E-state index is 5.58. The van der Waals surface area contributed by atoms with E-state index in [1.165, 1.54) is 12.8 Å². The van der Waals surface area contributed by atoms with Crippen LogP contribution in [0.25, 0.3) is 0 Å². The normalized spacial score (nSPS) is 6.17. The summed E-state index contributed by atoms with van der Waals surface area (Å²) in [5.41, 5.74) is 1.15. The molecule has 0 atom stereocenters. The monoisotopic (exact) mass is 356 g/mol. The second-order valence-electron chi connectivity index (χ2n) is 2.12. The van der Waals surface area contributed by atoms with E-state index in [0.29, 0.717) is 0 Å². The van der Waals surface area contributed by atoms with Crippen LogP contribution in [0.15, 0.2) is 5.57 Å². The number of rotatable bonds is 4. The molecule has 0 amide bonds. The Balaban J connectivity index is -0.0000000408. The van der Waals surface area contributed by atoms with Gasteiger partial charge in [0, 0.05) is 0 Å². The summed E-state index contributed by atoms with van der Waals surface area (Å²) in [6.45, 7) is 9.86. The molecule has 0 saturated heterocycles. The molecular weight excluding hydrogens is 344 g/mol. The Morgan fingerprint density at radius 2 is 1.58 bits per heavy atom. The first-order chi connectivity index (χ1) is 3.81. The van der Waals surface area contributed by atoms with Crippen LogP contribution < -0.4 is 34.0 Å². The van der Waals surface area contributed by atoms with E-state index in [4.69, 9.17) is 6.58 Å². The Hall–Kier alpha value is 1.99. The van der Waals surface area contributed by atoms with Crippen LogP contribution in [-0.2, 0) is 17.1 Å². The Morgan fingerprint density at radius 1 is 1.17 bits per heavy atom. The Labute approximate surface area is 124 Å². The van der Waals surface area contributed by atoms with Gasteiger partial charge in [-0.05, 0) is 0 Å². The molecule has 0 aromatic carbocycles. The van der Waals surface area contributed by atoms with Crippen LogP contribution in [0.1, 0.15) is 39.5 Å². The second-order valence-corrected chi connectivity index (χ2v) is 2.12. The molecule has 0 bridgehead atoms. The Bertz CT molecular complexity index is 79.5. The maximum Gasteiger partial charge on any atom is 2.00 e. The molecule has 0 fully saturated rings. The van der Waals surface area contributed by atoms with Gasteiger partial charge in [-0.1, -0.05) is 39.5 Å². The third-order valence-electron chi connectivity index (χ3n) is 1.31. The van der Waals surface area contributed by atoms with E-state index in [9.17, 15) is 0 Å². The van der Waals surface area contributed by atoms with Crippen LogP contribution >= 0.6 is 0 Å². The molecule has 0 spiro atoms. The summed E-state index contributed by atoms with van der Waals surface area (Å²) >= 11 is 0. The predicted octanol–water partition coefficient (Wildman–Crippen LogP) is -3.43. The molecule has 0 aromatic rings. The van der Waals surface area contributed by atoms with E-state index in [2.05, 4.69) is 13.8 Å². The molecular formula is C8H15Br2CuMg. The zero-order chi connectivity index (χ0) is 6.41. The molecule has 12 heavy (non-hydrogen) atoms. The van der Waals surface area contributed by atoms with E-state index >= 15 is 0 Å². The molecule has 4 heteroatoms. The van der Waals surface area contributed by atoms with Crippen molar-refractivity contribution in [1.82, 2.24) is 0 Å². The van der Waals surface area contributed by atoms with Crippen molar-refractivity contribution in [2.45, 2.75) is 39.5 Å². The average molecular weight is 359 g/mol. The van der Waals surface area contributed by atoms with Crippen molar-refractivity contribution in [3.63, 3.8) is 0 Å². The predicted molar refractivity (Wildman–Crippen MR) is 43.4 cm³/mol. The molecule has 0 rings (SSSR count). The van der Waals surface area contributed by atoms with Gasteiger partial charge in [-0.3, -0.25) is 5.57 Å². The van der Waals surface area contributed by atoms with Gasteiger partial charge >= 0.3 is 40.1 Å². The number of allylic oxidation sites excluding steroid dienone is 1.